The van der Waals surface area contributed by atoms with Crippen molar-refractivity contribution in [3.05, 3.63) is 24.3 Å². The molecule has 0 atom stereocenters. The fourth-order valence-electron chi connectivity index (χ4n) is 1.33. The molecule has 8 heteroatoms. The molecule has 0 fully saturated rings. The highest BCUT2D eigenvalue weighted by atomic mass is 32.2. The third kappa shape index (κ3) is 5.48. The normalized spacial score (nSPS) is 12.7. The van der Waals surface area contributed by atoms with E-state index in [9.17, 15) is 21.6 Å². The van der Waals surface area contributed by atoms with Gasteiger partial charge in [-0.25, -0.2) is 13.1 Å². The molecule has 0 saturated heterocycles. The van der Waals surface area contributed by atoms with Gasteiger partial charge < -0.3 is 5.32 Å². The van der Waals surface area contributed by atoms with Crippen molar-refractivity contribution in [2.45, 2.75) is 31.0 Å². The minimum Gasteiger partial charge on any atom is -0.376 e. The van der Waals surface area contributed by atoms with Crippen LogP contribution in [0.25, 0.3) is 0 Å². The van der Waals surface area contributed by atoms with Crippen LogP contribution in [0.15, 0.2) is 29.2 Å². The number of benzene rings is 1. The van der Waals surface area contributed by atoms with Gasteiger partial charge in [0.1, 0.15) is 6.54 Å². The number of sulfonamides is 1. The number of hydrogen-bond acceptors (Lipinski definition) is 3. The summed E-state index contributed by atoms with van der Waals surface area (Å²) >= 11 is 0. The van der Waals surface area contributed by atoms with Crippen LogP contribution in [0.1, 0.15) is 13.8 Å². The smallest absolute Gasteiger partial charge is 0.376 e. The second-order valence-electron chi connectivity index (χ2n) is 4.27. The quantitative estimate of drug-likeness (QED) is 0.877. The molecule has 0 radical (unpaired) electrons. The fraction of sp³-hybridized carbons (Fsp3) is 0.455. The van der Waals surface area contributed by atoms with Crippen LogP contribution in [0.3, 0.4) is 0 Å². The zero-order chi connectivity index (χ0) is 14.7. The minimum atomic E-state index is -4.32. The molecular formula is C11H15F3N2O2S. The van der Waals surface area contributed by atoms with E-state index in [0.29, 0.717) is 0 Å². The van der Waals surface area contributed by atoms with Gasteiger partial charge in [-0.3, -0.25) is 0 Å². The largest absolute Gasteiger partial charge is 0.405 e. The SMILES string of the molecule is CC(C)NS(=O)(=O)c1ccc(NCC(F)(F)F)cc1. The molecule has 0 amide bonds. The molecule has 4 nitrogen and oxygen atoms in total. The van der Waals surface area contributed by atoms with Gasteiger partial charge in [-0.2, -0.15) is 13.2 Å². The molecule has 0 heterocycles. The average Bonchev–Trinajstić information content (AvgIpc) is 2.24. The molecule has 108 valence electrons. The first-order valence-electron chi connectivity index (χ1n) is 5.53. The maximum absolute atomic E-state index is 12.0. The number of anilines is 1. The van der Waals surface area contributed by atoms with Crippen molar-refractivity contribution in [1.29, 1.82) is 0 Å². The molecule has 1 aromatic rings. The number of halogens is 3. The summed E-state index contributed by atoms with van der Waals surface area (Å²) in [4.78, 5) is 0.0127. The lowest BCUT2D eigenvalue weighted by atomic mass is 10.3. The van der Waals surface area contributed by atoms with Crippen molar-refractivity contribution in [3.63, 3.8) is 0 Å². The van der Waals surface area contributed by atoms with Crippen molar-refractivity contribution in [2.24, 2.45) is 0 Å². The van der Waals surface area contributed by atoms with Crippen molar-refractivity contribution in [3.8, 4) is 0 Å². The molecule has 0 aliphatic rings. The zero-order valence-corrected chi connectivity index (χ0v) is 11.3. The first-order valence-corrected chi connectivity index (χ1v) is 7.01. The Kier molecular flexibility index (Phi) is 4.81. The standard InChI is InChI=1S/C11H15F3N2O2S/c1-8(2)16-19(17,18)10-5-3-9(4-6-10)15-7-11(12,13)14/h3-6,8,15-16H,7H2,1-2H3. The Labute approximate surface area is 110 Å². The maximum atomic E-state index is 12.0. The Balaban J connectivity index is 2.77. The van der Waals surface area contributed by atoms with Gasteiger partial charge in [-0.15, -0.1) is 0 Å². The lowest BCUT2D eigenvalue weighted by Crippen LogP contribution is -2.30. The van der Waals surface area contributed by atoms with Crippen molar-refractivity contribution < 1.29 is 21.6 Å². The molecule has 1 aromatic carbocycles. The molecule has 1 rings (SSSR count). The molecule has 2 N–H and O–H groups in total. The Morgan fingerprint density at radius 3 is 2.11 bits per heavy atom. The van der Waals surface area contributed by atoms with E-state index in [-0.39, 0.29) is 16.6 Å². The maximum Gasteiger partial charge on any atom is 0.405 e. The number of alkyl halides is 3. The summed E-state index contributed by atoms with van der Waals surface area (Å²) < 4.78 is 61.9. The third-order valence-corrected chi connectivity index (χ3v) is 3.72. The molecule has 0 saturated carbocycles. The second kappa shape index (κ2) is 5.79. The van der Waals surface area contributed by atoms with Gasteiger partial charge >= 0.3 is 6.18 Å². The number of hydrogen-bond donors (Lipinski definition) is 2. The van der Waals surface area contributed by atoms with Crippen LogP contribution in [0.2, 0.25) is 0 Å². The number of rotatable bonds is 5. The number of nitrogens with one attached hydrogen (secondary N) is 2. The molecule has 0 unspecified atom stereocenters. The molecule has 0 aromatic heterocycles. The monoisotopic (exact) mass is 296 g/mol. The lowest BCUT2D eigenvalue weighted by molar-refractivity contribution is -0.115. The highest BCUT2D eigenvalue weighted by Crippen LogP contribution is 2.18. The van der Waals surface area contributed by atoms with Crippen LogP contribution in [-0.4, -0.2) is 27.2 Å². The molecule has 0 aliphatic heterocycles. The predicted molar refractivity (Wildman–Crippen MR) is 66.4 cm³/mol. The average molecular weight is 296 g/mol. The van der Waals surface area contributed by atoms with Gasteiger partial charge in [-0.1, -0.05) is 0 Å². The molecular weight excluding hydrogens is 281 g/mol. The van der Waals surface area contributed by atoms with Crippen LogP contribution < -0.4 is 10.0 Å². The summed E-state index contributed by atoms with van der Waals surface area (Å²) in [5, 5.41) is 2.16. The van der Waals surface area contributed by atoms with E-state index in [0.717, 1.165) is 0 Å². The van der Waals surface area contributed by atoms with Gasteiger partial charge in [0.15, 0.2) is 0 Å². The topological polar surface area (TPSA) is 58.2 Å². The lowest BCUT2D eigenvalue weighted by Gasteiger charge is -2.11. The fourth-order valence-corrected chi connectivity index (χ4v) is 2.58. The molecule has 0 bridgehead atoms. The van der Waals surface area contributed by atoms with E-state index >= 15 is 0 Å². The first kappa shape index (κ1) is 15.8. The van der Waals surface area contributed by atoms with E-state index in [1.165, 1.54) is 24.3 Å². The van der Waals surface area contributed by atoms with Crippen LogP contribution in [0.4, 0.5) is 18.9 Å². The van der Waals surface area contributed by atoms with E-state index in [1.54, 1.807) is 13.8 Å². The van der Waals surface area contributed by atoms with Crippen molar-refractivity contribution >= 4 is 15.7 Å². The molecule has 19 heavy (non-hydrogen) atoms. The van der Waals surface area contributed by atoms with Crippen molar-refractivity contribution in [2.75, 3.05) is 11.9 Å². The summed E-state index contributed by atoms with van der Waals surface area (Å²) in [5.41, 5.74) is 0.209. The van der Waals surface area contributed by atoms with E-state index in [2.05, 4.69) is 10.0 Å². The Hall–Kier alpha value is -1.28. The zero-order valence-electron chi connectivity index (χ0n) is 10.5. The predicted octanol–water partition coefficient (Wildman–Crippen LogP) is 2.35. The summed E-state index contributed by atoms with van der Waals surface area (Å²) in [6.45, 7) is 2.19. The van der Waals surface area contributed by atoms with Crippen LogP contribution in [0.5, 0.6) is 0 Å². The second-order valence-corrected chi connectivity index (χ2v) is 5.98. The van der Waals surface area contributed by atoms with E-state index in [4.69, 9.17) is 0 Å². The van der Waals surface area contributed by atoms with Crippen LogP contribution in [-0.2, 0) is 10.0 Å². The Bertz CT molecular complexity index is 510. The van der Waals surface area contributed by atoms with Gasteiger partial charge in [0.25, 0.3) is 0 Å². The third-order valence-electron chi connectivity index (χ3n) is 2.05. The first-order chi connectivity index (χ1) is 8.60. The van der Waals surface area contributed by atoms with Gasteiger partial charge in [0.2, 0.25) is 10.0 Å². The van der Waals surface area contributed by atoms with Crippen LogP contribution >= 0.6 is 0 Å². The summed E-state index contributed by atoms with van der Waals surface area (Å²) in [5.74, 6) is 0. The van der Waals surface area contributed by atoms with E-state index in [1.807, 2.05) is 0 Å². The highest BCUT2D eigenvalue weighted by molar-refractivity contribution is 7.89. The van der Waals surface area contributed by atoms with Crippen LogP contribution in [0, 0.1) is 0 Å². The Morgan fingerprint density at radius 2 is 1.68 bits per heavy atom. The minimum absolute atomic E-state index is 0.0127. The molecule has 0 spiro atoms. The van der Waals surface area contributed by atoms with Crippen molar-refractivity contribution in [1.82, 2.24) is 4.72 Å². The van der Waals surface area contributed by atoms with Gasteiger partial charge in [0, 0.05) is 11.7 Å². The highest BCUT2D eigenvalue weighted by Gasteiger charge is 2.26. The van der Waals surface area contributed by atoms with E-state index < -0.39 is 22.7 Å². The van der Waals surface area contributed by atoms with Gasteiger partial charge in [-0.05, 0) is 38.1 Å². The summed E-state index contributed by atoms with van der Waals surface area (Å²) in [7, 11) is -3.62. The summed E-state index contributed by atoms with van der Waals surface area (Å²) in [6.07, 6.45) is -4.32. The summed E-state index contributed by atoms with van der Waals surface area (Å²) in [6, 6.07) is 4.83. The Morgan fingerprint density at radius 1 is 1.16 bits per heavy atom. The molecule has 0 aliphatic carbocycles. The van der Waals surface area contributed by atoms with Gasteiger partial charge in [0.05, 0.1) is 4.90 Å².